The van der Waals surface area contributed by atoms with Gasteiger partial charge in [-0.25, -0.2) is 13.1 Å². The maximum absolute atomic E-state index is 12.9. The molecule has 26 heavy (non-hydrogen) atoms. The van der Waals surface area contributed by atoms with E-state index < -0.39 is 15.3 Å². The zero-order valence-corrected chi connectivity index (χ0v) is 16.1. The van der Waals surface area contributed by atoms with Crippen LogP contribution in [0, 0.1) is 6.92 Å². The van der Waals surface area contributed by atoms with E-state index in [1.807, 2.05) is 25.1 Å². The molecule has 0 saturated carbocycles. The normalized spacial score (nSPS) is 22.8. The second-order valence-electron chi connectivity index (χ2n) is 6.33. The molecule has 7 nitrogen and oxygen atoms in total. The third kappa shape index (κ3) is 3.33. The first kappa shape index (κ1) is 17.7. The molecule has 0 radical (unpaired) electrons. The monoisotopic (exact) mass is 396 g/mol. The van der Waals surface area contributed by atoms with Crippen LogP contribution in [0.3, 0.4) is 0 Å². The van der Waals surface area contributed by atoms with Gasteiger partial charge in [-0.15, -0.1) is 11.3 Å². The molecule has 0 aliphatic carbocycles. The van der Waals surface area contributed by atoms with E-state index >= 15 is 0 Å². The molecule has 9 heteroatoms. The number of hydrogen-bond donors (Lipinski definition) is 1. The van der Waals surface area contributed by atoms with Crippen molar-refractivity contribution < 1.29 is 22.7 Å². The Balaban J connectivity index is 1.50. The second-order valence-corrected chi connectivity index (χ2v) is 9.63. The van der Waals surface area contributed by atoms with Crippen LogP contribution in [-0.2, 0) is 21.4 Å². The molecule has 0 amide bonds. The fourth-order valence-corrected chi connectivity index (χ4v) is 5.82. The SMILES string of the molecule is Cc1ccc(C2C(S(=O)(=O)NCc3ccc4c(c3)OCO4)CON2C)s1. The van der Waals surface area contributed by atoms with Crippen LogP contribution in [0.2, 0.25) is 0 Å². The Hall–Kier alpha value is -1.65. The summed E-state index contributed by atoms with van der Waals surface area (Å²) < 4.78 is 39.1. The van der Waals surface area contributed by atoms with Gasteiger partial charge in [0.1, 0.15) is 5.25 Å². The van der Waals surface area contributed by atoms with Crippen LogP contribution in [0.15, 0.2) is 30.3 Å². The molecule has 2 aromatic rings. The van der Waals surface area contributed by atoms with Crippen LogP contribution >= 0.6 is 11.3 Å². The minimum Gasteiger partial charge on any atom is -0.454 e. The molecule has 0 bridgehead atoms. The molecule has 1 aromatic heterocycles. The summed E-state index contributed by atoms with van der Waals surface area (Å²) in [6.07, 6.45) is 0. The first-order valence-electron chi connectivity index (χ1n) is 8.23. The molecule has 1 aromatic carbocycles. The second kappa shape index (κ2) is 6.82. The number of benzene rings is 1. The van der Waals surface area contributed by atoms with Crippen LogP contribution in [0.4, 0.5) is 0 Å². The lowest BCUT2D eigenvalue weighted by Crippen LogP contribution is -2.38. The molecule has 2 atom stereocenters. The first-order valence-corrected chi connectivity index (χ1v) is 10.6. The molecule has 2 unspecified atom stereocenters. The maximum atomic E-state index is 12.9. The van der Waals surface area contributed by atoms with E-state index in [-0.39, 0.29) is 26.0 Å². The van der Waals surface area contributed by atoms with Gasteiger partial charge in [0.05, 0.1) is 12.6 Å². The van der Waals surface area contributed by atoms with Crippen LogP contribution in [0.1, 0.15) is 21.4 Å². The Kier molecular flexibility index (Phi) is 4.66. The number of sulfonamides is 1. The lowest BCUT2D eigenvalue weighted by atomic mass is 10.2. The molecular weight excluding hydrogens is 376 g/mol. The number of nitrogens with one attached hydrogen (secondary N) is 1. The zero-order chi connectivity index (χ0) is 18.3. The van der Waals surface area contributed by atoms with Gasteiger partial charge in [-0.2, -0.15) is 5.06 Å². The summed E-state index contributed by atoms with van der Waals surface area (Å²) in [4.78, 5) is 7.66. The fourth-order valence-electron chi connectivity index (χ4n) is 3.17. The van der Waals surface area contributed by atoms with E-state index in [0.717, 1.165) is 15.3 Å². The van der Waals surface area contributed by atoms with Crippen molar-refractivity contribution in [2.24, 2.45) is 0 Å². The van der Waals surface area contributed by atoms with Crippen molar-refractivity contribution in [3.8, 4) is 11.5 Å². The highest BCUT2D eigenvalue weighted by atomic mass is 32.2. The molecule has 2 aliphatic heterocycles. The number of ether oxygens (including phenoxy) is 2. The number of thiophene rings is 1. The molecule has 3 heterocycles. The van der Waals surface area contributed by atoms with Gasteiger partial charge in [-0.3, -0.25) is 4.84 Å². The number of fused-ring (bicyclic) bond motifs is 1. The summed E-state index contributed by atoms with van der Waals surface area (Å²) in [6, 6.07) is 9.06. The van der Waals surface area contributed by atoms with Crippen molar-refractivity contribution in [2.75, 3.05) is 20.4 Å². The summed E-state index contributed by atoms with van der Waals surface area (Å²) >= 11 is 1.59. The average Bonchev–Trinajstić information content (AvgIpc) is 3.32. The molecule has 1 saturated heterocycles. The molecule has 0 spiro atoms. The van der Waals surface area contributed by atoms with Gasteiger partial charge in [-0.1, -0.05) is 6.07 Å². The number of aryl methyl sites for hydroxylation is 1. The molecular formula is C17H20N2O5S2. The Bertz CT molecular complexity index is 912. The van der Waals surface area contributed by atoms with Gasteiger partial charge in [0.15, 0.2) is 11.5 Å². The Morgan fingerprint density at radius 1 is 1.23 bits per heavy atom. The Morgan fingerprint density at radius 3 is 2.81 bits per heavy atom. The largest absolute Gasteiger partial charge is 0.454 e. The van der Waals surface area contributed by atoms with Gasteiger partial charge in [0.2, 0.25) is 16.8 Å². The number of hydrogen-bond acceptors (Lipinski definition) is 7. The van der Waals surface area contributed by atoms with E-state index in [2.05, 4.69) is 4.72 Å². The van der Waals surface area contributed by atoms with Gasteiger partial charge in [-0.05, 0) is 36.8 Å². The van der Waals surface area contributed by atoms with E-state index in [1.54, 1.807) is 35.6 Å². The third-order valence-corrected chi connectivity index (χ3v) is 7.36. The minimum absolute atomic E-state index is 0.134. The number of nitrogens with zero attached hydrogens (tertiary/aromatic N) is 1. The summed E-state index contributed by atoms with van der Waals surface area (Å²) in [5.41, 5.74) is 0.814. The topological polar surface area (TPSA) is 77.1 Å². The predicted octanol–water partition coefficient (Wildman–Crippen LogP) is 2.19. The van der Waals surface area contributed by atoms with Gasteiger partial charge < -0.3 is 9.47 Å². The van der Waals surface area contributed by atoms with Crippen molar-refractivity contribution in [2.45, 2.75) is 24.8 Å². The molecule has 1 fully saturated rings. The molecule has 2 aliphatic rings. The Morgan fingerprint density at radius 2 is 2.04 bits per heavy atom. The first-order chi connectivity index (χ1) is 12.4. The number of rotatable bonds is 5. The minimum atomic E-state index is -3.58. The van der Waals surface area contributed by atoms with E-state index in [0.29, 0.717) is 11.5 Å². The highest BCUT2D eigenvalue weighted by Gasteiger charge is 2.43. The van der Waals surface area contributed by atoms with Crippen molar-refractivity contribution >= 4 is 21.4 Å². The van der Waals surface area contributed by atoms with Crippen LogP contribution in [-0.4, -0.2) is 39.2 Å². The van der Waals surface area contributed by atoms with E-state index in [9.17, 15) is 8.42 Å². The van der Waals surface area contributed by atoms with Gasteiger partial charge in [0.25, 0.3) is 0 Å². The standard InChI is InChI=1S/C17H20N2O5S2/c1-11-3-6-15(25-11)17-16(9-24-19(17)2)26(20,21)18-8-12-4-5-13-14(7-12)23-10-22-13/h3-7,16-18H,8-10H2,1-2H3. The van der Waals surface area contributed by atoms with Crippen molar-refractivity contribution in [3.05, 3.63) is 45.6 Å². The summed E-state index contributed by atoms with van der Waals surface area (Å²) in [6.45, 7) is 2.52. The molecule has 4 rings (SSSR count). The smallest absolute Gasteiger partial charge is 0.231 e. The number of hydroxylamine groups is 2. The zero-order valence-electron chi connectivity index (χ0n) is 14.5. The van der Waals surface area contributed by atoms with Crippen LogP contribution in [0.25, 0.3) is 0 Å². The lowest BCUT2D eigenvalue weighted by molar-refractivity contribution is -0.110. The average molecular weight is 396 g/mol. The molecule has 140 valence electrons. The quantitative estimate of drug-likeness (QED) is 0.835. The van der Waals surface area contributed by atoms with Gasteiger partial charge >= 0.3 is 0 Å². The van der Waals surface area contributed by atoms with Gasteiger partial charge in [0, 0.05) is 23.3 Å². The predicted molar refractivity (Wildman–Crippen MR) is 97.6 cm³/mol. The van der Waals surface area contributed by atoms with Crippen molar-refractivity contribution in [1.29, 1.82) is 0 Å². The highest BCUT2D eigenvalue weighted by molar-refractivity contribution is 7.90. The van der Waals surface area contributed by atoms with Crippen LogP contribution in [0.5, 0.6) is 11.5 Å². The lowest BCUT2D eigenvalue weighted by Gasteiger charge is -2.21. The summed E-state index contributed by atoms with van der Waals surface area (Å²) in [5, 5.41) is 0.968. The maximum Gasteiger partial charge on any atom is 0.231 e. The van der Waals surface area contributed by atoms with Crippen molar-refractivity contribution in [3.63, 3.8) is 0 Å². The van der Waals surface area contributed by atoms with E-state index in [4.69, 9.17) is 14.3 Å². The fraction of sp³-hybridized carbons (Fsp3) is 0.412. The highest BCUT2D eigenvalue weighted by Crippen LogP contribution is 2.37. The van der Waals surface area contributed by atoms with Crippen LogP contribution < -0.4 is 14.2 Å². The summed E-state index contributed by atoms with van der Waals surface area (Å²) in [7, 11) is -1.80. The third-order valence-electron chi connectivity index (χ3n) is 4.55. The Labute approximate surface area is 156 Å². The summed E-state index contributed by atoms with van der Waals surface area (Å²) in [5.74, 6) is 1.31. The van der Waals surface area contributed by atoms with Crippen molar-refractivity contribution in [1.82, 2.24) is 9.79 Å². The molecule has 1 N–H and O–H groups in total. The van der Waals surface area contributed by atoms with E-state index in [1.165, 1.54) is 0 Å².